The Hall–Kier alpha value is -1.43. The highest BCUT2D eigenvalue weighted by Gasteiger charge is 2.37. The molecule has 0 radical (unpaired) electrons. The van der Waals surface area contributed by atoms with Crippen LogP contribution >= 0.6 is 11.8 Å². The number of hydrogen-bond donors (Lipinski definition) is 1. The highest BCUT2D eigenvalue weighted by Crippen LogP contribution is 2.36. The Morgan fingerprint density at radius 3 is 2.75 bits per heavy atom. The van der Waals surface area contributed by atoms with E-state index >= 15 is 0 Å². The average Bonchev–Trinajstić information content (AvgIpc) is 2.96. The highest BCUT2D eigenvalue weighted by atomic mass is 32.2. The van der Waals surface area contributed by atoms with Crippen LogP contribution in [-0.2, 0) is 0 Å². The number of amides is 1. The Balaban J connectivity index is 1.79. The number of carboxylic acid groups (broad SMARTS) is 1. The molecule has 1 aliphatic heterocycles. The number of furan rings is 1. The fourth-order valence-corrected chi connectivity index (χ4v) is 4.50. The Morgan fingerprint density at radius 2 is 2.00 bits per heavy atom. The van der Waals surface area contributed by atoms with Gasteiger partial charge in [0.05, 0.1) is 0 Å². The molecule has 0 aromatic carbocycles. The summed E-state index contributed by atoms with van der Waals surface area (Å²) in [6, 6.07) is 3.08. The third-order valence-corrected chi connectivity index (χ3v) is 5.42. The zero-order valence-corrected chi connectivity index (χ0v) is 11.9. The minimum absolute atomic E-state index is 0.138. The molecule has 2 heterocycles. The fourth-order valence-electron chi connectivity index (χ4n) is 3.06. The average molecular weight is 295 g/mol. The first-order chi connectivity index (χ1) is 9.66. The number of nitrogens with zero attached hydrogens (tertiary/aromatic N) is 1. The van der Waals surface area contributed by atoms with E-state index in [9.17, 15) is 9.59 Å². The lowest BCUT2D eigenvalue weighted by Crippen LogP contribution is -2.51. The molecule has 2 fully saturated rings. The molecule has 1 saturated carbocycles. The maximum atomic E-state index is 12.5. The van der Waals surface area contributed by atoms with E-state index < -0.39 is 5.97 Å². The number of carboxylic acids is 1. The van der Waals surface area contributed by atoms with Gasteiger partial charge in [0.2, 0.25) is 5.76 Å². The van der Waals surface area contributed by atoms with Gasteiger partial charge in [0.1, 0.15) is 0 Å². The van der Waals surface area contributed by atoms with Gasteiger partial charge in [0.25, 0.3) is 5.91 Å². The SMILES string of the molecule is O=C(O)c1ccc(C(=O)N2CCSC3CCCCC32)o1. The number of carbonyl (C=O) groups excluding carboxylic acids is 1. The number of carbonyl (C=O) groups is 2. The Kier molecular flexibility index (Phi) is 3.74. The largest absolute Gasteiger partial charge is 0.475 e. The number of aromatic carboxylic acids is 1. The first-order valence-corrected chi connectivity index (χ1v) is 7.97. The molecule has 20 heavy (non-hydrogen) atoms. The molecular weight excluding hydrogens is 278 g/mol. The van der Waals surface area contributed by atoms with E-state index in [1.807, 2.05) is 16.7 Å². The number of rotatable bonds is 2. The molecule has 1 aromatic heterocycles. The van der Waals surface area contributed by atoms with Crippen LogP contribution in [0.1, 0.15) is 46.8 Å². The van der Waals surface area contributed by atoms with Crippen LogP contribution in [0.3, 0.4) is 0 Å². The van der Waals surface area contributed by atoms with Crippen molar-refractivity contribution in [3.63, 3.8) is 0 Å². The van der Waals surface area contributed by atoms with Crippen molar-refractivity contribution < 1.29 is 19.1 Å². The summed E-state index contributed by atoms with van der Waals surface area (Å²) in [5.41, 5.74) is 0. The minimum Gasteiger partial charge on any atom is -0.475 e. The molecule has 0 spiro atoms. The van der Waals surface area contributed by atoms with Crippen LogP contribution in [0.25, 0.3) is 0 Å². The molecule has 1 amide bonds. The van der Waals surface area contributed by atoms with Crippen molar-refractivity contribution in [3.05, 3.63) is 23.7 Å². The topological polar surface area (TPSA) is 70.8 Å². The predicted molar refractivity (Wildman–Crippen MR) is 75.2 cm³/mol. The smallest absolute Gasteiger partial charge is 0.371 e. The van der Waals surface area contributed by atoms with Gasteiger partial charge in [0.15, 0.2) is 5.76 Å². The zero-order valence-electron chi connectivity index (χ0n) is 11.1. The van der Waals surface area contributed by atoms with E-state index in [1.165, 1.54) is 18.6 Å². The molecule has 1 aromatic rings. The lowest BCUT2D eigenvalue weighted by atomic mass is 9.93. The quantitative estimate of drug-likeness (QED) is 0.907. The lowest BCUT2D eigenvalue weighted by molar-refractivity contribution is 0.0598. The van der Waals surface area contributed by atoms with Gasteiger partial charge in [-0.15, -0.1) is 0 Å². The van der Waals surface area contributed by atoms with Crippen molar-refractivity contribution in [2.75, 3.05) is 12.3 Å². The highest BCUT2D eigenvalue weighted by molar-refractivity contribution is 8.00. The first-order valence-electron chi connectivity index (χ1n) is 6.92. The van der Waals surface area contributed by atoms with E-state index in [2.05, 4.69) is 0 Å². The molecule has 1 aliphatic carbocycles. The van der Waals surface area contributed by atoms with E-state index in [1.54, 1.807) is 0 Å². The number of thioether (sulfide) groups is 1. The molecule has 2 aliphatic rings. The van der Waals surface area contributed by atoms with E-state index in [0.717, 1.165) is 25.0 Å². The molecule has 2 atom stereocenters. The summed E-state index contributed by atoms with van der Waals surface area (Å²) < 4.78 is 5.14. The van der Waals surface area contributed by atoms with Crippen LogP contribution in [0.4, 0.5) is 0 Å². The van der Waals surface area contributed by atoms with Crippen LogP contribution in [0, 0.1) is 0 Å². The summed E-state index contributed by atoms with van der Waals surface area (Å²) >= 11 is 1.95. The van der Waals surface area contributed by atoms with Crippen LogP contribution < -0.4 is 0 Å². The Morgan fingerprint density at radius 1 is 1.25 bits per heavy atom. The van der Waals surface area contributed by atoms with Gasteiger partial charge in [0, 0.05) is 23.6 Å². The van der Waals surface area contributed by atoms with Gasteiger partial charge >= 0.3 is 5.97 Å². The summed E-state index contributed by atoms with van der Waals surface area (Å²) in [6.45, 7) is 0.716. The van der Waals surface area contributed by atoms with Gasteiger partial charge in [-0.2, -0.15) is 11.8 Å². The van der Waals surface area contributed by atoms with E-state index in [-0.39, 0.29) is 23.5 Å². The van der Waals surface area contributed by atoms with E-state index in [0.29, 0.717) is 11.8 Å². The van der Waals surface area contributed by atoms with Gasteiger partial charge in [-0.3, -0.25) is 4.79 Å². The van der Waals surface area contributed by atoms with Crippen molar-refractivity contribution in [3.8, 4) is 0 Å². The standard InChI is InChI=1S/C14H17NO4S/c16-13(10-5-6-11(19-10)14(17)18)15-7-8-20-12-4-2-1-3-9(12)15/h5-6,9,12H,1-4,7-8H2,(H,17,18). The summed E-state index contributed by atoms with van der Waals surface area (Å²) in [4.78, 5) is 25.2. The molecule has 3 rings (SSSR count). The van der Waals surface area contributed by atoms with Crippen molar-refractivity contribution in [2.24, 2.45) is 0 Å². The van der Waals surface area contributed by atoms with Crippen molar-refractivity contribution in [2.45, 2.75) is 37.0 Å². The summed E-state index contributed by atoms with van der Waals surface area (Å²) in [6.07, 6.45) is 4.59. The van der Waals surface area contributed by atoms with E-state index in [4.69, 9.17) is 9.52 Å². The summed E-state index contributed by atoms with van der Waals surface area (Å²) in [5.74, 6) is -0.415. The molecular formula is C14H17NO4S. The monoisotopic (exact) mass is 295 g/mol. The molecule has 108 valence electrons. The number of hydrogen-bond acceptors (Lipinski definition) is 4. The van der Waals surface area contributed by atoms with Gasteiger partial charge in [-0.1, -0.05) is 12.8 Å². The van der Waals surface area contributed by atoms with Gasteiger partial charge < -0.3 is 14.4 Å². The van der Waals surface area contributed by atoms with Gasteiger partial charge in [-0.05, 0) is 25.0 Å². The van der Waals surface area contributed by atoms with Crippen molar-refractivity contribution in [1.29, 1.82) is 0 Å². The van der Waals surface area contributed by atoms with Crippen LogP contribution in [0.15, 0.2) is 16.5 Å². The van der Waals surface area contributed by atoms with Crippen molar-refractivity contribution >= 4 is 23.6 Å². The lowest BCUT2D eigenvalue weighted by Gasteiger charge is -2.43. The molecule has 5 nitrogen and oxygen atoms in total. The van der Waals surface area contributed by atoms with Crippen LogP contribution in [0.5, 0.6) is 0 Å². The molecule has 1 saturated heterocycles. The molecule has 1 N–H and O–H groups in total. The molecule has 0 bridgehead atoms. The maximum absolute atomic E-state index is 12.5. The summed E-state index contributed by atoms with van der Waals surface area (Å²) in [5, 5.41) is 9.38. The number of fused-ring (bicyclic) bond motifs is 1. The second-order valence-electron chi connectivity index (χ2n) is 5.23. The normalized spacial score (nSPS) is 26.1. The van der Waals surface area contributed by atoms with Crippen LogP contribution in [-0.4, -0.2) is 45.5 Å². The molecule has 6 heteroatoms. The minimum atomic E-state index is -1.14. The first kappa shape index (κ1) is 13.5. The predicted octanol–water partition coefficient (Wildman–Crippen LogP) is 2.48. The second-order valence-corrected chi connectivity index (χ2v) is 6.58. The van der Waals surface area contributed by atoms with Gasteiger partial charge in [-0.25, -0.2) is 4.79 Å². The Bertz CT molecular complexity index is 525. The third-order valence-electron chi connectivity index (χ3n) is 4.02. The van der Waals surface area contributed by atoms with Crippen molar-refractivity contribution in [1.82, 2.24) is 4.90 Å². The zero-order chi connectivity index (χ0) is 14.1. The second kappa shape index (κ2) is 5.52. The third kappa shape index (κ3) is 2.44. The Labute approximate surface area is 121 Å². The summed E-state index contributed by atoms with van der Waals surface area (Å²) in [7, 11) is 0. The maximum Gasteiger partial charge on any atom is 0.371 e. The fraction of sp³-hybridized carbons (Fsp3) is 0.571. The van der Waals surface area contributed by atoms with Crippen LogP contribution in [0.2, 0.25) is 0 Å². The molecule has 2 unspecified atom stereocenters.